The number of hydrogen-bond acceptors (Lipinski definition) is 3. The van der Waals surface area contributed by atoms with Gasteiger partial charge in [-0.2, -0.15) is 0 Å². The second-order valence-corrected chi connectivity index (χ2v) is 7.87. The zero-order chi connectivity index (χ0) is 20.7. The summed E-state index contributed by atoms with van der Waals surface area (Å²) in [7, 11) is 0. The molecule has 1 N–H and O–H groups in total. The predicted molar refractivity (Wildman–Crippen MR) is 114 cm³/mol. The minimum atomic E-state index is -0.611. The molecule has 2 amide bonds. The number of nitrogens with zero attached hydrogens (tertiary/aromatic N) is 1. The molecule has 29 heavy (non-hydrogen) atoms. The lowest BCUT2D eigenvalue weighted by Gasteiger charge is -2.40. The molecule has 1 fully saturated rings. The van der Waals surface area contributed by atoms with E-state index in [0.717, 1.165) is 11.1 Å². The molecule has 2 aromatic rings. The van der Waals surface area contributed by atoms with Gasteiger partial charge in [-0.3, -0.25) is 4.79 Å². The maximum Gasteiger partial charge on any atom is 0.317 e. The monoisotopic (exact) mass is 414 g/mol. The predicted octanol–water partition coefficient (Wildman–Crippen LogP) is 4.44. The number of nitrogens with one attached hydrogen (secondary N) is 1. The van der Waals surface area contributed by atoms with Gasteiger partial charge in [0.1, 0.15) is 0 Å². The Bertz CT molecular complexity index is 816. The summed E-state index contributed by atoms with van der Waals surface area (Å²) in [6.45, 7) is 3.70. The highest BCUT2D eigenvalue weighted by molar-refractivity contribution is 6.30. The highest BCUT2D eigenvalue weighted by Crippen LogP contribution is 2.37. The van der Waals surface area contributed by atoms with E-state index in [1.165, 1.54) is 0 Å². The summed E-state index contributed by atoms with van der Waals surface area (Å²) in [4.78, 5) is 27.1. The molecule has 0 unspecified atom stereocenters. The van der Waals surface area contributed by atoms with Gasteiger partial charge in [0, 0.05) is 24.7 Å². The zero-order valence-corrected chi connectivity index (χ0v) is 17.5. The van der Waals surface area contributed by atoms with Crippen molar-refractivity contribution in [2.24, 2.45) is 5.41 Å². The molecule has 5 nitrogen and oxygen atoms in total. The standard InChI is InChI=1S/C23H27ClN2O3/c1-2-29-21(27)23(16-18-8-10-20(24)11-9-18)12-14-26(15-13-23)22(28)25-17-19-6-4-3-5-7-19/h3-11H,2,12-17H2,1H3,(H,25,28). The normalized spacial score (nSPS) is 15.6. The van der Waals surface area contributed by atoms with Gasteiger partial charge in [-0.15, -0.1) is 0 Å². The van der Waals surface area contributed by atoms with E-state index < -0.39 is 5.41 Å². The molecule has 0 aromatic heterocycles. The van der Waals surface area contributed by atoms with Gasteiger partial charge >= 0.3 is 12.0 Å². The average molecular weight is 415 g/mol. The minimum Gasteiger partial charge on any atom is -0.466 e. The van der Waals surface area contributed by atoms with Gasteiger partial charge in [0.15, 0.2) is 0 Å². The van der Waals surface area contributed by atoms with Crippen molar-refractivity contribution in [1.82, 2.24) is 10.2 Å². The largest absolute Gasteiger partial charge is 0.466 e. The number of urea groups is 1. The van der Waals surface area contributed by atoms with Crippen LogP contribution in [0.4, 0.5) is 4.79 Å². The molecular weight excluding hydrogens is 388 g/mol. The first-order valence-corrected chi connectivity index (χ1v) is 10.4. The topological polar surface area (TPSA) is 58.6 Å². The minimum absolute atomic E-state index is 0.0993. The molecule has 0 atom stereocenters. The number of carbonyl (C=O) groups excluding carboxylic acids is 2. The lowest BCUT2D eigenvalue weighted by Crippen LogP contribution is -2.50. The first kappa shape index (κ1) is 21.2. The van der Waals surface area contributed by atoms with Crippen LogP contribution in [0.1, 0.15) is 30.9 Å². The third-order valence-electron chi connectivity index (χ3n) is 5.46. The first-order valence-electron chi connectivity index (χ1n) is 10.0. The molecular formula is C23H27ClN2O3. The molecule has 0 bridgehead atoms. The van der Waals surface area contributed by atoms with Crippen molar-refractivity contribution in [3.8, 4) is 0 Å². The Balaban J connectivity index is 1.63. The van der Waals surface area contributed by atoms with Gasteiger partial charge in [0.2, 0.25) is 0 Å². The smallest absolute Gasteiger partial charge is 0.317 e. The summed E-state index contributed by atoms with van der Waals surface area (Å²) in [5, 5.41) is 3.63. The Labute approximate surface area is 177 Å². The van der Waals surface area contributed by atoms with Crippen LogP contribution in [-0.2, 0) is 22.5 Å². The number of rotatable bonds is 6. The SMILES string of the molecule is CCOC(=O)C1(Cc2ccc(Cl)cc2)CCN(C(=O)NCc2ccccc2)CC1. The van der Waals surface area contributed by atoms with Crippen LogP contribution in [0.15, 0.2) is 54.6 Å². The Morgan fingerprint density at radius 1 is 1.03 bits per heavy atom. The van der Waals surface area contributed by atoms with E-state index in [1.54, 1.807) is 4.90 Å². The van der Waals surface area contributed by atoms with Crippen molar-refractivity contribution in [2.75, 3.05) is 19.7 Å². The molecule has 154 valence electrons. The highest BCUT2D eigenvalue weighted by atomic mass is 35.5. The summed E-state index contributed by atoms with van der Waals surface area (Å²) in [6.07, 6.45) is 1.74. The number of carbonyl (C=O) groups is 2. The number of halogens is 1. The molecule has 1 heterocycles. The summed E-state index contributed by atoms with van der Waals surface area (Å²) >= 11 is 5.99. The van der Waals surface area contributed by atoms with Crippen LogP contribution in [0.2, 0.25) is 5.02 Å². The van der Waals surface area contributed by atoms with Gasteiger partial charge < -0.3 is 15.0 Å². The fourth-order valence-electron chi connectivity index (χ4n) is 3.75. The third-order valence-corrected chi connectivity index (χ3v) is 5.71. The molecule has 0 spiro atoms. The average Bonchev–Trinajstić information content (AvgIpc) is 2.75. The van der Waals surface area contributed by atoms with Gasteiger partial charge in [0.05, 0.1) is 12.0 Å². The van der Waals surface area contributed by atoms with Crippen molar-refractivity contribution in [2.45, 2.75) is 32.7 Å². The fourth-order valence-corrected chi connectivity index (χ4v) is 3.88. The molecule has 0 saturated carbocycles. The number of hydrogen-bond donors (Lipinski definition) is 1. The highest BCUT2D eigenvalue weighted by Gasteiger charge is 2.43. The quantitative estimate of drug-likeness (QED) is 0.711. The summed E-state index contributed by atoms with van der Waals surface area (Å²) in [5.41, 5.74) is 1.49. The van der Waals surface area contributed by atoms with Crippen LogP contribution in [0.25, 0.3) is 0 Å². The van der Waals surface area contributed by atoms with E-state index in [0.29, 0.717) is 50.5 Å². The summed E-state index contributed by atoms with van der Waals surface area (Å²) in [5.74, 6) is -0.181. The number of esters is 1. The zero-order valence-electron chi connectivity index (χ0n) is 16.7. The van der Waals surface area contributed by atoms with Gasteiger partial charge in [0.25, 0.3) is 0 Å². The molecule has 0 aliphatic carbocycles. The van der Waals surface area contributed by atoms with Crippen LogP contribution in [-0.4, -0.2) is 36.6 Å². The molecule has 1 aliphatic heterocycles. The van der Waals surface area contributed by atoms with Crippen LogP contribution in [0.5, 0.6) is 0 Å². The molecule has 1 saturated heterocycles. The second-order valence-electron chi connectivity index (χ2n) is 7.44. The molecule has 2 aromatic carbocycles. The van der Waals surface area contributed by atoms with Crippen molar-refractivity contribution >= 4 is 23.6 Å². The Hall–Kier alpha value is -2.53. The van der Waals surface area contributed by atoms with Gasteiger partial charge in [-0.1, -0.05) is 54.1 Å². The lowest BCUT2D eigenvalue weighted by molar-refractivity contribution is -0.158. The Kier molecular flexibility index (Phi) is 7.15. The maximum absolute atomic E-state index is 12.8. The number of likely N-dealkylation sites (tertiary alicyclic amines) is 1. The first-order chi connectivity index (χ1) is 14.0. The van der Waals surface area contributed by atoms with Crippen LogP contribution in [0.3, 0.4) is 0 Å². The molecule has 0 radical (unpaired) electrons. The number of ether oxygens (including phenoxy) is 1. The molecule has 6 heteroatoms. The van der Waals surface area contributed by atoms with E-state index in [-0.39, 0.29) is 12.0 Å². The third kappa shape index (κ3) is 5.51. The van der Waals surface area contributed by atoms with Crippen molar-refractivity contribution in [3.63, 3.8) is 0 Å². The van der Waals surface area contributed by atoms with Crippen molar-refractivity contribution in [1.29, 1.82) is 0 Å². The lowest BCUT2D eigenvalue weighted by atomic mass is 9.73. The number of benzene rings is 2. The molecule has 3 rings (SSSR count). The van der Waals surface area contributed by atoms with Gasteiger partial charge in [-0.25, -0.2) is 4.79 Å². The number of piperidine rings is 1. The van der Waals surface area contributed by atoms with E-state index >= 15 is 0 Å². The van der Waals surface area contributed by atoms with Crippen LogP contribution < -0.4 is 5.32 Å². The summed E-state index contributed by atoms with van der Waals surface area (Å²) in [6, 6.07) is 17.3. The van der Waals surface area contributed by atoms with E-state index in [9.17, 15) is 9.59 Å². The van der Waals surface area contributed by atoms with E-state index in [4.69, 9.17) is 16.3 Å². The van der Waals surface area contributed by atoms with Crippen molar-refractivity contribution in [3.05, 3.63) is 70.7 Å². The van der Waals surface area contributed by atoms with Crippen LogP contribution in [0, 0.1) is 5.41 Å². The number of amides is 2. The Morgan fingerprint density at radius 3 is 2.31 bits per heavy atom. The Morgan fingerprint density at radius 2 is 1.69 bits per heavy atom. The van der Waals surface area contributed by atoms with Crippen LogP contribution >= 0.6 is 11.6 Å². The molecule has 1 aliphatic rings. The van der Waals surface area contributed by atoms with E-state index in [2.05, 4.69) is 5.32 Å². The maximum atomic E-state index is 12.8. The van der Waals surface area contributed by atoms with Crippen molar-refractivity contribution < 1.29 is 14.3 Å². The second kappa shape index (κ2) is 9.79. The van der Waals surface area contributed by atoms with Gasteiger partial charge in [-0.05, 0) is 49.4 Å². The fraction of sp³-hybridized carbons (Fsp3) is 0.391. The van der Waals surface area contributed by atoms with E-state index in [1.807, 2.05) is 61.5 Å². The summed E-state index contributed by atoms with van der Waals surface area (Å²) < 4.78 is 5.40.